The number of anilines is 2. The highest BCUT2D eigenvalue weighted by molar-refractivity contribution is 6.32. The van der Waals surface area contributed by atoms with Gasteiger partial charge in [-0.2, -0.15) is 18.2 Å². The Morgan fingerprint density at radius 3 is 2.72 bits per heavy atom. The lowest BCUT2D eigenvalue weighted by atomic mass is 10.1. The third kappa shape index (κ3) is 3.97. The van der Waals surface area contributed by atoms with Gasteiger partial charge in [-0.25, -0.2) is 4.98 Å². The van der Waals surface area contributed by atoms with E-state index < -0.39 is 11.7 Å². The molecule has 1 aromatic carbocycles. The van der Waals surface area contributed by atoms with Crippen LogP contribution < -0.4 is 11.1 Å². The van der Waals surface area contributed by atoms with E-state index in [1.807, 2.05) is 0 Å². The number of halogens is 4. The summed E-state index contributed by atoms with van der Waals surface area (Å²) in [5.74, 6) is 0.760. The highest BCUT2D eigenvalue weighted by Gasteiger charge is 2.31. The molecule has 6 nitrogen and oxygen atoms in total. The van der Waals surface area contributed by atoms with Crippen molar-refractivity contribution >= 4 is 34.3 Å². The van der Waals surface area contributed by atoms with Crippen molar-refractivity contribution in [2.45, 2.75) is 31.5 Å². The van der Waals surface area contributed by atoms with Gasteiger partial charge in [-0.15, -0.1) is 0 Å². The monoisotopic (exact) mass is 426 g/mol. The Labute approximate surface area is 168 Å². The first-order valence-corrected chi connectivity index (χ1v) is 9.44. The number of aliphatic hydroxyl groups excluding tert-OH is 1. The molecule has 2 atom stereocenters. The Kier molecular flexibility index (Phi) is 5.04. The van der Waals surface area contributed by atoms with E-state index in [1.165, 1.54) is 12.1 Å². The van der Waals surface area contributed by atoms with Crippen molar-refractivity contribution < 1.29 is 22.7 Å². The molecule has 0 spiro atoms. The zero-order chi connectivity index (χ0) is 20.8. The van der Waals surface area contributed by atoms with E-state index in [0.717, 1.165) is 31.4 Å². The van der Waals surface area contributed by atoms with E-state index in [4.69, 9.17) is 21.8 Å². The Bertz CT molecular complexity index is 1050. The van der Waals surface area contributed by atoms with Gasteiger partial charge in [0.1, 0.15) is 22.3 Å². The molecule has 2 heterocycles. The minimum Gasteiger partial charge on any atom is -0.456 e. The highest BCUT2D eigenvalue weighted by Crippen LogP contribution is 2.39. The molecule has 1 fully saturated rings. The van der Waals surface area contributed by atoms with E-state index in [1.54, 1.807) is 0 Å². The second kappa shape index (κ2) is 7.38. The second-order valence-corrected chi connectivity index (χ2v) is 7.52. The van der Waals surface area contributed by atoms with Gasteiger partial charge in [-0.05, 0) is 49.4 Å². The first-order valence-electron chi connectivity index (χ1n) is 9.06. The fourth-order valence-corrected chi connectivity index (χ4v) is 3.95. The Hall–Kier alpha value is -2.52. The van der Waals surface area contributed by atoms with E-state index in [-0.39, 0.29) is 46.4 Å². The molecule has 4 rings (SSSR count). The van der Waals surface area contributed by atoms with Crippen LogP contribution in [0, 0.1) is 5.92 Å². The van der Waals surface area contributed by atoms with Crippen LogP contribution in [0.5, 0.6) is 0 Å². The molecule has 10 heteroatoms. The van der Waals surface area contributed by atoms with Crippen molar-refractivity contribution in [2.75, 3.05) is 17.7 Å². The van der Waals surface area contributed by atoms with E-state index in [2.05, 4.69) is 15.3 Å². The van der Waals surface area contributed by atoms with Crippen LogP contribution in [0.1, 0.15) is 24.8 Å². The summed E-state index contributed by atoms with van der Waals surface area (Å²) in [6.07, 6.45) is -1.98. The van der Waals surface area contributed by atoms with E-state index >= 15 is 0 Å². The number of nitrogens with zero attached hydrogens (tertiary/aromatic N) is 2. The van der Waals surface area contributed by atoms with Gasteiger partial charge in [0.2, 0.25) is 5.95 Å². The molecular formula is C19H18ClF3N4O2. The SMILES string of the molecule is Nc1nc(Cl)c(-c2cc3cc(C(F)(F)F)ccc3o2)c(N[C@H]2CC[C@@H](CO)C2)n1. The summed E-state index contributed by atoms with van der Waals surface area (Å²) in [4.78, 5) is 8.18. The fraction of sp³-hybridized carbons (Fsp3) is 0.368. The Morgan fingerprint density at radius 2 is 2.03 bits per heavy atom. The Morgan fingerprint density at radius 1 is 1.24 bits per heavy atom. The lowest BCUT2D eigenvalue weighted by Gasteiger charge is -2.16. The number of hydrogen-bond donors (Lipinski definition) is 3. The number of aromatic nitrogens is 2. The minimum absolute atomic E-state index is 0.0339. The molecule has 1 aliphatic rings. The Balaban J connectivity index is 1.74. The molecule has 4 N–H and O–H groups in total. The maximum atomic E-state index is 13.0. The lowest BCUT2D eigenvalue weighted by molar-refractivity contribution is -0.137. The number of nitrogens with one attached hydrogen (secondary N) is 1. The van der Waals surface area contributed by atoms with Crippen LogP contribution in [-0.4, -0.2) is 27.7 Å². The predicted molar refractivity (Wildman–Crippen MR) is 104 cm³/mol. The number of furan rings is 1. The molecule has 3 aromatic rings. The summed E-state index contributed by atoms with van der Waals surface area (Å²) < 4.78 is 44.7. The molecule has 0 amide bonds. The maximum Gasteiger partial charge on any atom is 0.416 e. The molecule has 0 unspecified atom stereocenters. The summed E-state index contributed by atoms with van der Waals surface area (Å²) in [5.41, 5.74) is 5.58. The zero-order valence-electron chi connectivity index (χ0n) is 15.1. The number of hydrogen-bond acceptors (Lipinski definition) is 6. The van der Waals surface area contributed by atoms with Gasteiger partial charge >= 0.3 is 6.18 Å². The lowest BCUT2D eigenvalue weighted by Crippen LogP contribution is -2.18. The smallest absolute Gasteiger partial charge is 0.416 e. The van der Waals surface area contributed by atoms with Gasteiger partial charge in [0.25, 0.3) is 0 Å². The van der Waals surface area contributed by atoms with Crippen molar-refractivity contribution in [2.24, 2.45) is 5.92 Å². The number of fused-ring (bicyclic) bond motifs is 1. The number of benzene rings is 1. The molecule has 0 bridgehead atoms. The van der Waals surface area contributed by atoms with Gasteiger partial charge in [0.05, 0.1) is 11.1 Å². The standard InChI is InChI=1S/C19H18ClF3N4O2/c20-16-15(14-7-10-6-11(19(21,22)23)2-4-13(10)29-14)17(27-18(24)26-16)25-12-3-1-9(5-12)8-28/h2,4,6-7,9,12,28H,1,3,5,8H2,(H3,24,25,26,27)/t9-,12+/m1/s1. The van der Waals surface area contributed by atoms with Crippen molar-refractivity contribution in [3.8, 4) is 11.3 Å². The molecule has 1 aliphatic carbocycles. The molecule has 1 saturated carbocycles. The molecule has 0 aliphatic heterocycles. The summed E-state index contributed by atoms with van der Waals surface area (Å²) in [6, 6.07) is 4.77. The maximum absolute atomic E-state index is 13.0. The second-order valence-electron chi connectivity index (χ2n) is 7.16. The van der Waals surface area contributed by atoms with Crippen LogP contribution >= 0.6 is 11.6 Å². The van der Waals surface area contributed by atoms with Crippen molar-refractivity contribution in [3.05, 3.63) is 35.0 Å². The van der Waals surface area contributed by atoms with Crippen LogP contribution in [0.2, 0.25) is 5.15 Å². The third-order valence-corrected chi connectivity index (χ3v) is 5.39. The number of rotatable bonds is 4. The minimum atomic E-state index is -4.45. The summed E-state index contributed by atoms with van der Waals surface area (Å²) >= 11 is 6.29. The number of nitrogens with two attached hydrogens (primary N) is 1. The summed E-state index contributed by atoms with van der Waals surface area (Å²) in [7, 11) is 0. The first-order chi connectivity index (χ1) is 13.7. The van der Waals surface area contributed by atoms with Crippen LogP contribution in [0.15, 0.2) is 28.7 Å². The molecule has 0 radical (unpaired) electrons. The van der Waals surface area contributed by atoms with E-state index in [9.17, 15) is 18.3 Å². The van der Waals surface area contributed by atoms with Gasteiger partial charge < -0.3 is 20.6 Å². The molecule has 154 valence electrons. The van der Waals surface area contributed by atoms with E-state index in [0.29, 0.717) is 11.4 Å². The van der Waals surface area contributed by atoms with Gasteiger partial charge in [-0.1, -0.05) is 11.6 Å². The van der Waals surface area contributed by atoms with Crippen molar-refractivity contribution in [1.82, 2.24) is 9.97 Å². The quantitative estimate of drug-likeness (QED) is 0.522. The molecule has 29 heavy (non-hydrogen) atoms. The van der Waals surface area contributed by atoms with Gasteiger partial charge in [-0.3, -0.25) is 0 Å². The molecule has 2 aromatic heterocycles. The zero-order valence-corrected chi connectivity index (χ0v) is 15.9. The highest BCUT2D eigenvalue weighted by atomic mass is 35.5. The van der Waals surface area contributed by atoms with Gasteiger partial charge in [0.15, 0.2) is 0 Å². The van der Waals surface area contributed by atoms with Crippen molar-refractivity contribution in [1.29, 1.82) is 0 Å². The average Bonchev–Trinajstić information content (AvgIpc) is 3.26. The summed E-state index contributed by atoms with van der Waals surface area (Å²) in [6.45, 7) is 0.114. The molecule has 0 saturated heterocycles. The van der Waals surface area contributed by atoms with Crippen LogP contribution in [0.3, 0.4) is 0 Å². The normalized spacial score (nSPS) is 19.8. The van der Waals surface area contributed by atoms with Gasteiger partial charge in [0, 0.05) is 18.0 Å². The first kappa shape index (κ1) is 19.8. The number of nitrogen functional groups attached to an aromatic ring is 1. The number of aliphatic hydroxyl groups is 1. The van der Waals surface area contributed by atoms with Crippen LogP contribution in [0.4, 0.5) is 24.9 Å². The number of alkyl halides is 3. The topological polar surface area (TPSA) is 97.2 Å². The van der Waals surface area contributed by atoms with Crippen LogP contribution in [-0.2, 0) is 6.18 Å². The third-order valence-electron chi connectivity index (χ3n) is 5.11. The van der Waals surface area contributed by atoms with Crippen LogP contribution in [0.25, 0.3) is 22.3 Å². The fourth-order valence-electron chi connectivity index (χ4n) is 3.68. The predicted octanol–water partition coefficient (Wildman–Crippen LogP) is 4.72. The van der Waals surface area contributed by atoms with Crippen molar-refractivity contribution in [3.63, 3.8) is 0 Å². The summed E-state index contributed by atoms with van der Waals surface area (Å²) in [5, 5.41) is 12.9. The molecular weight excluding hydrogens is 409 g/mol. The largest absolute Gasteiger partial charge is 0.456 e. The average molecular weight is 427 g/mol.